The van der Waals surface area contributed by atoms with Crippen molar-refractivity contribution in [1.82, 2.24) is 0 Å². The molecule has 0 rings (SSSR count). The van der Waals surface area contributed by atoms with Gasteiger partial charge in [0.15, 0.2) is 0 Å². The number of carbonyl (C=O) groups excluding carboxylic acids is 2. The Morgan fingerprint density at radius 3 is 2.25 bits per heavy atom. The summed E-state index contributed by atoms with van der Waals surface area (Å²) >= 11 is 0. The van der Waals surface area contributed by atoms with Crippen LogP contribution in [0, 0.1) is 0 Å². The normalized spacial score (nSPS) is 11.9. The smallest absolute Gasteiger partial charge is 0.302 e. The van der Waals surface area contributed by atoms with E-state index in [0.29, 0.717) is 6.61 Å². The monoisotopic (exact) mass is 230 g/mol. The second-order valence-electron chi connectivity index (χ2n) is 3.83. The fourth-order valence-corrected chi connectivity index (χ4v) is 1.45. The van der Waals surface area contributed by atoms with E-state index in [1.165, 1.54) is 13.8 Å². The molecule has 0 bridgehead atoms. The SMILES string of the molecule is CCC(CCCCCOC(C)=O)OC(C)=O. The van der Waals surface area contributed by atoms with E-state index in [1.807, 2.05) is 6.92 Å². The third kappa shape index (κ3) is 9.49. The Morgan fingerprint density at radius 1 is 1.06 bits per heavy atom. The molecule has 4 heteroatoms. The summed E-state index contributed by atoms with van der Waals surface area (Å²) in [5, 5.41) is 0. The molecule has 0 N–H and O–H groups in total. The highest BCUT2D eigenvalue weighted by Gasteiger charge is 2.08. The van der Waals surface area contributed by atoms with Crippen LogP contribution >= 0.6 is 0 Å². The highest BCUT2D eigenvalue weighted by atomic mass is 16.5. The van der Waals surface area contributed by atoms with Crippen LogP contribution in [-0.2, 0) is 19.1 Å². The van der Waals surface area contributed by atoms with Crippen LogP contribution in [0.1, 0.15) is 52.9 Å². The summed E-state index contributed by atoms with van der Waals surface area (Å²) in [5.74, 6) is -0.446. The lowest BCUT2D eigenvalue weighted by atomic mass is 10.1. The van der Waals surface area contributed by atoms with Crippen LogP contribution in [-0.4, -0.2) is 24.6 Å². The topological polar surface area (TPSA) is 52.6 Å². The minimum Gasteiger partial charge on any atom is -0.466 e. The van der Waals surface area contributed by atoms with Crippen molar-refractivity contribution in [3.05, 3.63) is 0 Å². The van der Waals surface area contributed by atoms with Crippen LogP contribution in [0.3, 0.4) is 0 Å². The van der Waals surface area contributed by atoms with Crippen molar-refractivity contribution >= 4 is 11.9 Å². The lowest BCUT2D eigenvalue weighted by Crippen LogP contribution is -2.15. The summed E-state index contributed by atoms with van der Waals surface area (Å²) in [6.45, 7) is 5.34. The van der Waals surface area contributed by atoms with E-state index in [2.05, 4.69) is 0 Å². The summed E-state index contributed by atoms with van der Waals surface area (Å²) in [6.07, 6.45) is 4.62. The molecule has 0 spiro atoms. The van der Waals surface area contributed by atoms with Crippen molar-refractivity contribution < 1.29 is 19.1 Å². The molecular formula is C12H22O4. The first-order valence-corrected chi connectivity index (χ1v) is 5.86. The number of rotatable bonds is 8. The zero-order chi connectivity index (χ0) is 12.4. The number of carbonyl (C=O) groups is 2. The summed E-state index contributed by atoms with van der Waals surface area (Å²) in [5.41, 5.74) is 0. The Labute approximate surface area is 97.3 Å². The second kappa shape index (κ2) is 9.19. The summed E-state index contributed by atoms with van der Waals surface area (Å²) in [7, 11) is 0. The van der Waals surface area contributed by atoms with E-state index in [-0.39, 0.29) is 18.0 Å². The molecular weight excluding hydrogens is 208 g/mol. The molecule has 0 aromatic rings. The second-order valence-corrected chi connectivity index (χ2v) is 3.83. The molecule has 0 fully saturated rings. The van der Waals surface area contributed by atoms with Gasteiger partial charge in [-0.05, 0) is 32.1 Å². The molecule has 0 amide bonds. The third-order valence-corrected chi connectivity index (χ3v) is 2.26. The van der Waals surface area contributed by atoms with Crippen LogP contribution < -0.4 is 0 Å². The van der Waals surface area contributed by atoms with Gasteiger partial charge >= 0.3 is 11.9 Å². The summed E-state index contributed by atoms with van der Waals surface area (Å²) < 4.78 is 9.94. The Hall–Kier alpha value is -1.06. The quantitative estimate of drug-likeness (QED) is 0.475. The lowest BCUT2D eigenvalue weighted by molar-refractivity contribution is -0.147. The van der Waals surface area contributed by atoms with Gasteiger partial charge in [0.25, 0.3) is 0 Å². The predicted molar refractivity (Wildman–Crippen MR) is 60.9 cm³/mol. The Morgan fingerprint density at radius 2 is 1.75 bits per heavy atom. The standard InChI is InChI=1S/C12H22O4/c1-4-12(16-11(3)14)8-6-5-7-9-15-10(2)13/h12H,4-9H2,1-3H3. The maximum absolute atomic E-state index is 10.7. The van der Waals surface area contributed by atoms with E-state index in [0.717, 1.165) is 32.1 Å². The average molecular weight is 230 g/mol. The van der Waals surface area contributed by atoms with Gasteiger partial charge in [0.1, 0.15) is 6.10 Å². The lowest BCUT2D eigenvalue weighted by Gasteiger charge is -2.14. The predicted octanol–water partition coefficient (Wildman–Crippen LogP) is 2.45. The molecule has 0 heterocycles. The zero-order valence-corrected chi connectivity index (χ0v) is 10.5. The molecule has 94 valence electrons. The first-order valence-electron chi connectivity index (χ1n) is 5.86. The summed E-state index contributed by atoms with van der Waals surface area (Å²) in [6, 6.07) is 0. The van der Waals surface area contributed by atoms with Crippen LogP contribution in [0.25, 0.3) is 0 Å². The van der Waals surface area contributed by atoms with E-state index < -0.39 is 0 Å². The van der Waals surface area contributed by atoms with Crippen molar-refractivity contribution in [2.24, 2.45) is 0 Å². The minimum atomic E-state index is -0.230. The van der Waals surface area contributed by atoms with Gasteiger partial charge < -0.3 is 9.47 Å². The Balaban J connectivity index is 3.41. The number of esters is 2. The van der Waals surface area contributed by atoms with E-state index in [9.17, 15) is 9.59 Å². The third-order valence-electron chi connectivity index (χ3n) is 2.26. The van der Waals surface area contributed by atoms with Crippen molar-refractivity contribution in [3.8, 4) is 0 Å². The maximum atomic E-state index is 10.7. The Kier molecular flexibility index (Phi) is 8.58. The summed E-state index contributed by atoms with van der Waals surface area (Å²) in [4.78, 5) is 21.2. The van der Waals surface area contributed by atoms with Crippen LogP contribution in [0.4, 0.5) is 0 Å². The molecule has 4 nitrogen and oxygen atoms in total. The highest BCUT2D eigenvalue weighted by Crippen LogP contribution is 2.10. The van der Waals surface area contributed by atoms with Crippen LogP contribution in [0.5, 0.6) is 0 Å². The van der Waals surface area contributed by atoms with Gasteiger partial charge in [-0.15, -0.1) is 0 Å². The van der Waals surface area contributed by atoms with E-state index in [1.54, 1.807) is 0 Å². The van der Waals surface area contributed by atoms with Crippen LogP contribution in [0.15, 0.2) is 0 Å². The molecule has 0 saturated heterocycles. The maximum Gasteiger partial charge on any atom is 0.302 e. The van der Waals surface area contributed by atoms with Gasteiger partial charge in [0.2, 0.25) is 0 Å². The van der Waals surface area contributed by atoms with Crippen LogP contribution in [0.2, 0.25) is 0 Å². The number of hydrogen-bond acceptors (Lipinski definition) is 4. The van der Waals surface area contributed by atoms with Gasteiger partial charge in [-0.2, -0.15) is 0 Å². The molecule has 0 aliphatic rings. The van der Waals surface area contributed by atoms with Crippen molar-refractivity contribution in [2.75, 3.05) is 6.61 Å². The van der Waals surface area contributed by atoms with E-state index >= 15 is 0 Å². The van der Waals surface area contributed by atoms with Crippen molar-refractivity contribution in [1.29, 1.82) is 0 Å². The van der Waals surface area contributed by atoms with Gasteiger partial charge in [0.05, 0.1) is 6.61 Å². The molecule has 16 heavy (non-hydrogen) atoms. The number of ether oxygens (including phenoxy) is 2. The molecule has 1 unspecified atom stereocenters. The number of unbranched alkanes of at least 4 members (excludes halogenated alkanes) is 2. The van der Waals surface area contributed by atoms with Gasteiger partial charge in [-0.25, -0.2) is 0 Å². The molecule has 0 aliphatic heterocycles. The molecule has 0 saturated carbocycles. The highest BCUT2D eigenvalue weighted by molar-refractivity contribution is 5.66. The first kappa shape index (κ1) is 14.9. The van der Waals surface area contributed by atoms with Gasteiger partial charge in [-0.3, -0.25) is 9.59 Å². The van der Waals surface area contributed by atoms with E-state index in [4.69, 9.17) is 9.47 Å². The molecule has 1 atom stereocenters. The van der Waals surface area contributed by atoms with Gasteiger partial charge in [0, 0.05) is 13.8 Å². The molecule has 0 aliphatic carbocycles. The zero-order valence-electron chi connectivity index (χ0n) is 10.5. The van der Waals surface area contributed by atoms with Crippen molar-refractivity contribution in [2.45, 2.75) is 59.0 Å². The average Bonchev–Trinajstić information content (AvgIpc) is 2.20. The minimum absolute atomic E-state index is 0.0335. The largest absolute Gasteiger partial charge is 0.466 e. The van der Waals surface area contributed by atoms with Gasteiger partial charge in [-0.1, -0.05) is 6.92 Å². The fraction of sp³-hybridized carbons (Fsp3) is 0.833. The Bertz CT molecular complexity index is 213. The van der Waals surface area contributed by atoms with Crippen molar-refractivity contribution in [3.63, 3.8) is 0 Å². The molecule has 0 aromatic carbocycles. The molecule has 0 radical (unpaired) electrons. The fourth-order valence-electron chi connectivity index (χ4n) is 1.45. The number of hydrogen-bond donors (Lipinski definition) is 0. The first-order chi connectivity index (χ1) is 7.56. The molecule has 0 aromatic heterocycles.